The number of methoxy groups -OCH3 is 1. The summed E-state index contributed by atoms with van der Waals surface area (Å²) in [6, 6.07) is 6.48. The third-order valence-electron chi connectivity index (χ3n) is 3.42. The molecule has 1 amide bonds. The minimum absolute atomic E-state index is 0.261. The molecule has 0 radical (unpaired) electrons. The van der Waals surface area contributed by atoms with Crippen molar-refractivity contribution in [1.82, 2.24) is 19.9 Å². The number of nitrogens with one attached hydrogen (secondary N) is 2. The number of hydrogen-bond donors (Lipinski definition) is 2. The molecule has 9 nitrogen and oxygen atoms in total. The molecule has 0 unspecified atom stereocenters. The molecule has 9 heteroatoms. The van der Waals surface area contributed by atoms with Crippen LogP contribution >= 0.6 is 0 Å². The van der Waals surface area contributed by atoms with Crippen molar-refractivity contribution in [3.05, 3.63) is 42.5 Å². The van der Waals surface area contributed by atoms with Gasteiger partial charge in [-0.3, -0.25) is 4.79 Å². The fraction of sp³-hybridized carbons (Fsp3) is 0.188. The Labute approximate surface area is 142 Å². The smallest absolute Gasteiger partial charge is 0.339 e. The van der Waals surface area contributed by atoms with Crippen LogP contribution < -0.4 is 10.1 Å². The van der Waals surface area contributed by atoms with Gasteiger partial charge in [-0.05, 0) is 25.1 Å². The highest BCUT2D eigenvalue weighted by molar-refractivity contribution is 6.00. The molecule has 2 heterocycles. The first-order chi connectivity index (χ1) is 12.1. The van der Waals surface area contributed by atoms with E-state index in [2.05, 4.69) is 25.3 Å². The van der Waals surface area contributed by atoms with Crippen LogP contribution in [0.3, 0.4) is 0 Å². The van der Waals surface area contributed by atoms with E-state index in [0.29, 0.717) is 16.9 Å². The lowest BCUT2D eigenvalue weighted by atomic mass is 10.2. The number of carbonyl (C=O) groups excluding carboxylic acids is 2. The van der Waals surface area contributed by atoms with Gasteiger partial charge in [0.15, 0.2) is 17.6 Å². The quantitative estimate of drug-likeness (QED) is 0.676. The van der Waals surface area contributed by atoms with Crippen molar-refractivity contribution in [2.75, 3.05) is 12.4 Å². The third kappa shape index (κ3) is 3.55. The van der Waals surface area contributed by atoms with E-state index in [1.165, 1.54) is 32.8 Å². The lowest BCUT2D eigenvalue weighted by Gasteiger charge is -2.13. The number of benzene rings is 1. The number of fused-ring (bicyclic) bond motifs is 1. The molecule has 128 valence electrons. The van der Waals surface area contributed by atoms with Crippen LogP contribution in [0, 0.1) is 0 Å². The number of amides is 1. The van der Waals surface area contributed by atoms with Crippen molar-refractivity contribution >= 4 is 28.9 Å². The molecule has 0 spiro atoms. The van der Waals surface area contributed by atoms with Crippen LogP contribution in [0.4, 0.5) is 5.82 Å². The Kier molecular flexibility index (Phi) is 4.55. The van der Waals surface area contributed by atoms with Crippen LogP contribution in [0.2, 0.25) is 0 Å². The van der Waals surface area contributed by atoms with E-state index in [-0.39, 0.29) is 11.4 Å². The largest absolute Gasteiger partial charge is 0.497 e. The number of esters is 1. The Morgan fingerprint density at radius 3 is 2.88 bits per heavy atom. The van der Waals surface area contributed by atoms with Crippen LogP contribution in [0.1, 0.15) is 17.3 Å². The van der Waals surface area contributed by atoms with E-state index in [9.17, 15) is 9.59 Å². The summed E-state index contributed by atoms with van der Waals surface area (Å²) in [7, 11) is 1.50. The molecule has 0 saturated carbocycles. The Balaban J connectivity index is 1.68. The molecule has 3 aromatic rings. The molecular formula is C16H15N5O4. The predicted molar refractivity (Wildman–Crippen MR) is 88.2 cm³/mol. The number of nitrogens with zero attached hydrogens (tertiary/aromatic N) is 3. The zero-order chi connectivity index (χ0) is 17.8. The summed E-state index contributed by atoms with van der Waals surface area (Å²) in [6.07, 6.45) is 1.71. The number of carbonyl (C=O) groups is 2. The van der Waals surface area contributed by atoms with E-state index in [1.54, 1.807) is 18.2 Å². The molecule has 25 heavy (non-hydrogen) atoms. The zero-order valence-electron chi connectivity index (χ0n) is 13.5. The van der Waals surface area contributed by atoms with Crippen molar-refractivity contribution in [2.24, 2.45) is 0 Å². The van der Waals surface area contributed by atoms with Gasteiger partial charge in [0.05, 0.1) is 19.0 Å². The molecule has 2 aromatic heterocycles. The number of aromatic nitrogens is 4. The van der Waals surface area contributed by atoms with Crippen molar-refractivity contribution in [3.63, 3.8) is 0 Å². The van der Waals surface area contributed by atoms with Gasteiger partial charge < -0.3 is 19.8 Å². The summed E-state index contributed by atoms with van der Waals surface area (Å²) >= 11 is 0. The fourth-order valence-electron chi connectivity index (χ4n) is 2.11. The minimum atomic E-state index is -1.02. The van der Waals surface area contributed by atoms with Gasteiger partial charge in [0.2, 0.25) is 0 Å². The molecule has 0 aliphatic rings. The molecule has 1 aromatic carbocycles. The summed E-state index contributed by atoms with van der Waals surface area (Å²) < 4.78 is 10.2. The molecule has 0 bridgehead atoms. The number of aromatic amines is 1. The molecule has 2 N–H and O–H groups in total. The predicted octanol–water partition coefficient (Wildman–Crippen LogP) is 1.55. The zero-order valence-corrected chi connectivity index (χ0v) is 13.5. The summed E-state index contributed by atoms with van der Waals surface area (Å²) in [5.74, 6) is -0.368. The first-order valence-corrected chi connectivity index (χ1v) is 7.38. The topological polar surface area (TPSA) is 119 Å². The molecule has 0 fully saturated rings. The van der Waals surface area contributed by atoms with Gasteiger partial charge >= 0.3 is 5.97 Å². The van der Waals surface area contributed by atoms with E-state index >= 15 is 0 Å². The standard InChI is InChI=1S/C16H15N5O4/c1-9(25-16(23)10-4-3-5-11(6-10)24-2)15(22)21-14-12-13(18-7-17-12)19-8-20-14/h3-9H,1-2H3,(H2,17,18,19,20,21,22)/t9-/m0/s1. The lowest BCUT2D eigenvalue weighted by molar-refractivity contribution is -0.123. The highest BCUT2D eigenvalue weighted by Gasteiger charge is 2.21. The highest BCUT2D eigenvalue weighted by Crippen LogP contribution is 2.16. The van der Waals surface area contributed by atoms with Gasteiger partial charge in [-0.2, -0.15) is 0 Å². The van der Waals surface area contributed by atoms with E-state index in [4.69, 9.17) is 9.47 Å². The first kappa shape index (κ1) is 16.4. The second-order valence-corrected chi connectivity index (χ2v) is 5.09. The normalized spacial score (nSPS) is 11.8. The van der Waals surface area contributed by atoms with Crippen molar-refractivity contribution in [1.29, 1.82) is 0 Å². The summed E-state index contributed by atoms with van der Waals surface area (Å²) in [5, 5.41) is 2.59. The van der Waals surface area contributed by atoms with E-state index in [0.717, 1.165) is 0 Å². The number of hydrogen-bond acceptors (Lipinski definition) is 7. The van der Waals surface area contributed by atoms with Crippen LogP contribution in [-0.2, 0) is 9.53 Å². The first-order valence-electron chi connectivity index (χ1n) is 7.38. The van der Waals surface area contributed by atoms with Gasteiger partial charge in [-0.15, -0.1) is 0 Å². The number of imidazole rings is 1. The number of ether oxygens (including phenoxy) is 2. The number of anilines is 1. The summed E-state index contributed by atoms with van der Waals surface area (Å²) in [5.41, 5.74) is 1.20. The van der Waals surface area contributed by atoms with Gasteiger partial charge in [-0.25, -0.2) is 19.7 Å². The Bertz CT molecular complexity index is 924. The number of H-pyrrole nitrogens is 1. The van der Waals surface area contributed by atoms with Crippen LogP contribution in [0.25, 0.3) is 11.2 Å². The minimum Gasteiger partial charge on any atom is -0.497 e. The molecule has 0 aliphatic carbocycles. The Hall–Kier alpha value is -3.49. The third-order valence-corrected chi connectivity index (χ3v) is 3.42. The van der Waals surface area contributed by atoms with Gasteiger partial charge in [0.1, 0.15) is 17.6 Å². The lowest BCUT2D eigenvalue weighted by Crippen LogP contribution is -2.30. The second-order valence-electron chi connectivity index (χ2n) is 5.09. The molecule has 0 saturated heterocycles. The maximum Gasteiger partial charge on any atom is 0.339 e. The monoisotopic (exact) mass is 341 g/mol. The molecule has 0 aliphatic heterocycles. The van der Waals surface area contributed by atoms with Gasteiger partial charge in [-0.1, -0.05) is 6.07 Å². The highest BCUT2D eigenvalue weighted by atomic mass is 16.5. The second kappa shape index (κ2) is 6.95. The molecule has 1 atom stereocenters. The summed E-state index contributed by atoms with van der Waals surface area (Å²) in [6.45, 7) is 1.47. The molecule has 3 rings (SSSR count). The maximum absolute atomic E-state index is 12.3. The van der Waals surface area contributed by atoms with Crippen LogP contribution in [0.5, 0.6) is 5.75 Å². The van der Waals surface area contributed by atoms with Crippen LogP contribution in [-0.4, -0.2) is 45.0 Å². The van der Waals surface area contributed by atoms with Gasteiger partial charge in [0, 0.05) is 0 Å². The fourth-order valence-corrected chi connectivity index (χ4v) is 2.11. The van der Waals surface area contributed by atoms with Crippen molar-refractivity contribution < 1.29 is 19.1 Å². The van der Waals surface area contributed by atoms with Crippen molar-refractivity contribution in [3.8, 4) is 5.75 Å². The average molecular weight is 341 g/mol. The van der Waals surface area contributed by atoms with Crippen LogP contribution in [0.15, 0.2) is 36.9 Å². The average Bonchev–Trinajstić information content (AvgIpc) is 3.11. The number of rotatable bonds is 5. The van der Waals surface area contributed by atoms with Crippen molar-refractivity contribution in [2.45, 2.75) is 13.0 Å². The van der Waals surface area contributed by atoms with E-state index < -0.39 is 18.0 Å². The molecular weight excluding hydrogens is 326 g/mol. The van der Waals surface area contributed by atoms with Gasteiger partial charge in [0.25, 0.3) is 5.91 Å². The Morgan fingerprint density at radius 1 is 1.24 bits per heavy atom. The van der Waals surface area contributed by atoms with E-state index in [1.807, 2.05) is 0 Å². The SMILES string of the molecule is COc1cccc(C(=O)O[C@@H](C)C(=O)Nc2ncnc3nc[nH]c23)c1. The summed E-state index contributed by atoms with van der Waals surface area (Å²) in [4.78, 5) is 39.2. The Morgan fingerprint density at radius 2 is 2.08 bits per heavy atom. The maximum atomic E-state index is 12.3.